The minimum absolute atomic E-state index is 0.0221. The van der Waals surface area contributed by atoms with Crippen LogP contribution in [0.2, 0.25) is 0 Å². The lowest BCUT2D eigenvalue weighted by atomic mass is 9.88. The summed E-state index contributed by atoms with van der Waals surface area (Å²) < 4.78 is 1.88. The third-order valence-electron chi connectivity index (χ3n) is 3.22. The maximum Gasteiger partial charge on any atom is 0.0756 e. The zero-order chi connectivity index (χ0) is 14.8. The molecule has 0 saturated heterocycles. The van der Waals surface area contributed by atoms with Crippen LogP contribution in [0.1, 0.15) is 39.0 Å². The summed E-state index contributed by atoms with van der Waals surface area (Å²) in [5.74, 6) is 0. The highest BCUT2D eigenvalue weighted by atomic mass is 15.3. The molecule has 2 heterocycles. The Kier molecular flexibility index (Phi) is 4.23. The van der Waals surface area contributed by atoms with Gasteiger partial charge in [0.25, 0.3) is 0 Å². The first-order chi connectivity index (χ1) is 9.41. The molecule has 0 spiro atoms. The zero-order valence-corrected chi connectivity index (χ0v) is 13.1. The van der Waals surface area contributed by atoms with E-state index >= 15 is 0 Å². The summed E-state index contributed by atoms with van der Waals surface area (Å²) >= 11 is 0. The number of rotatable bonds is 4. The van der Waals surface area contributed by atoms with Crippen molar-refractivity contribution < 1.29 is 0 Å². The first kappa shape index (κ1) is 14.7. The number of nitrogens with zero attached hydrogens (tertiary/aromatic N) is 3. The molecule has 0 radical (unpaired) electrons. The minimum atomic E-state index is 0.0221. The van der Waals surface area contributed by atoms with Crippen molar-refractivity contribution in [1.82, 2.24) is 20.1 Å². The fourth-order valence-electron chi connectivity index (χ4n) is 2.25. The van der Waals surface area contributed by atoms with E-state index in [2.05, 4.69) is 55.4 Å². The molecular formula is C16H24N4. The van der Waals surface area contributed by atoms with Gasteiger partial charge in [0.2, 0.25) is 0 Å². The highest BCUT2D eigenvalue weighted by molar-refractivity contribution is 5.66. The van der Waals surface area contributed by atoms with Gasteiger partial charge in [-0.2, -0.15) is 5.10 Å². The largest absolute Gasteiger partial charge is 0.313 e. The van der Waals surface area contributed by atoms with E-state index in [1.165, 1.54) is 11.1 Å². The monoisotopic (exact) mass is 272 g/mol. The fourth-order valence-corrected chi connectivity index (χ4v) is 2.25. The molecule has 2 rings (SSSR count). The second-order valence-electron chi connectivity index (χ2n) is 6.18. The van der Waals surface area contributed by atoms with E-state index in [-0.39, 0.29) is 5.41 Å². The third-order valence-corrected chi connectivity index (χ3v) is 3.22. The van der Waals surface area contributed by atoms with Gasteiger partial charge in [-0.15, -0.1) is 0 Å². The molecule has 0 aliphatic heterocycles. The van der Waals surface area contributed by atoms with Gasteiger partial charge in [0.05, 0.1) is 5.69 Å². The smallest absolute Gasteiger partial charge is 0.0756 e. The summed E-state index contributed by atoms with van der Waals surface area (Å²) in [7, 11) is 1.97. The lowest BCUT2D eigenvalue weighted by molar-refractivity contribution is 0.554. The van der Waals surface area contributed by atoms with Gasteiger partial charge in [-0.3, -0.25) is 9.67 Å². The molecule has 0 bridgehead atoms. The van der Waals surface area contributed by atoms with Crippen LogP contribution in [0, 0.1) is 0 Å². The van der Waals surface area contributed by atoms with Gasteiger partial charge in [0.1, 0.15) is 0 Å². The quantitative estimate of drug-likeness (QED) is 0.930. The number of hydrogen-bond donors (Lipinski definition) is 1. The molecular weight excluding hydrogens is 248 g/mol. The van der Waals surface area contributed by atoms with Gasteiger partial charge in [-0.25, -0.2) is 0 Å². The van der Waals surface area contributed by atoms with Gasteiger partial charge in [-0.1, -0.05) is 27.7 Å². The molecule has 108 valence electrons. The summed E-state index contributed by atoms with van der Waals surface area (Å²) in [6.45, 7) is 10.5. The predicted octanol–water partition coefficient (Wildman–Crippen LogP) is 2.89. The van der Waals surface area contributed by atoms with Crippen molar-refractivity contribution in [3.05, 3.63) is 35.9 Å². The first-order valence-corrected chi connectivity index (χ1v) is 7.11. The number of nitrogens with one attached hydrogen (secondary N) is 1. The molecule has 1 N–H and O–H groups in total. The van der Waals surface area contributed by atoms with E-state index in [9.17, 15) is 0 Å². The number of aryl methyl sites for hydroxylation is 1. The van der Waals surface area contributed by atoms with E-state index in [1.54, 1.807) is 0 Å². The molecule has 0 amide bonds. The van der Waals surface area contributed by atoms with Gasteiger partial charge in [0, 0.05) is 48.7 Å². The van der Waals surface area contributed by atoms with Crippen molar-refractivity contribution in [2.45, 2.75) is 39.7 Å². The second-order valence-corrected chi connectivity index (χ2v) is 6.18. The highest BCUT2D eigenvalue weighted by Crippen LogP contribution is 2.31. The molecule has 4 heteroatoms. The molecule has 0 saturated carbocycles. The summed E-state index contributed by atoms with van der Waals surface area (Å²) in [6.07, 6.45) is 5.91. The van der Waals surface area contributed by atoms with Crippen molar-refractivity contribution in [3.63, 3.8) is 0 Å². The van der Waals surface area contributed by atoms with Crippen molar-refractivity contribution in [2.75, 3.05) is 6.54 Å². The maximum absolute atomic E-state index is 4.62. The molecule has 0 aliphatic rings. The van der Waals surface area contributed by atoms with Gasteiger partial charge >= 0.3 is 0 Å². The van der Waals surface area contributed by atoms with Crippen molar-refractivity contribution >= 4 is 0 Å². The fraction of sp³-hybridized carbons (Fsp3) is 0.500. The lowest BCUT2D eigenvalue weighted by Gasteiger charge is -2.17. The molecule has 0 aromatic carbocycles. The molecule has 0 fully saturated rings. The predicted molar refractivity (Wildman–Crippen MR) is 82.5 cm³/mol. The number of aromatic nitrogens is 3. The number of hydrogen-bond acceptors (Lipinski definition) is 3. The second kappa shape index (κ2) is 5.75. The molecule has 4 nitrogen and oxygen atoms in total. The van der Waals surface area contributed by atoms with Gasteiger partial charge < -0.3 is 5.32 Å². The Hall–Kier alpha value is -1.68. The Morgan fingerprint density at radius 2 is 2.00 bits per heavy atom. The molecule has 20 heavy (non-hydrogen) atoms. The lowest BCUT2D eigenvalue weighted by Crippen LogP contribution is -2.14. The van der Waals surface area contributed by atoms with Gasteiger partial charge in [0.15, 0.2) is 0 Å². The van der Waals surface area contributed by atoms with E-state index in [0.29, 0.717) is 0 Å². The highest BCUT2D eigenvalue weighted by Gasteiger charge is 2.22. The Morgan fingerprint density at radius 3 is 2.65 bits per heavy atom. The average Bonchev–Trinajstić information content (AvgIpc) is 2.79. The number of pyridine rings is 1. The average molecular weight is 272 g/mol. The standard InChI is InChI=1S/C16H24N4/c1-6-17-8-12-7-13(10-18-9-12)14-11-20(5)19-15(14)16(2,3)4/h7,9-11,17H,6,8H2,1-5H3. The molecule has 2 aromatic rings. The van der Waals surface area contributed by atoms with Gasteiger partial charge in [-0.05, 0) is 18.2 Å². The van der Waals surface area contributed by atoms with Crippen LogP contribution in [0.25, 0.3) is 11.1 Å². The molecule has 0 unspecified atom stereocenters. The van der Waals surface area contributed by atoms with E-state index in [0.717, 1.165) is 24.3 Å². The topological polar surface area (TPSA) is 42.7 Å². The molecule has 0 aliphatic carbocycles. The van der Waals surface area contributed by atoms with Crippen molar-refractivity contribution in [1.29, 1.82) is 0 Å². The normalized spacial score (nSPS) is 11.8. The summed E-state index contributed by atoms with van der Waals surface area (Å²) in [4.78, 5) is 4.37. The van der Waals surface area contributed by atoms with Crippen LogP contribution in [0.5, 0.6) is 0 Å². The SMILES string of the molecule is CCNCc1cncc(-c2cn(C)nc2C(C)(C)C)c1. The van der Waals surface area contributed by atoms with Crippen LogP contribution in [0.3, 0.4) is 0 Å². The Morgan fingerprint density at radius 1 is 1.25 bits per heavy atom. The van der Waals surface area contributed by atoms with Crippen molar-refractivity contribution in [3.8, 4) is 11.1 Å². The van der Waals surface area contributed by atoms with E-state index < -0.39 is 0 Å². The molecule has 2 aromatic heterocycles. The van der Waals surface area contributed by atoms with Crippen LogP contribution < -0.4 is 5.32 Å². The summed E-state index contributed by atoms with van der Waals surface area (Å²) in [6, 6.07) is 2.20. The Labute approximate surface area is 121 Å². The van der Waals surface area contributed by atoms with Crippen LogP contribution >= 0.6 is 0 Å². The third kappa shape index (κ3) is 3.25. The van der Waals surface area contributed by atoms with E-state index in [1.807, 2.05) is 24.1 Å². The van der Waals surface area contributed by atoms with E-state index in [4.69, 9.17) is 0 Å². The maximum atomic E-state index is 4.62. The van der Waals surface area contributed by atoms with Crippen LogP contribution in [0.15, 0.2) is 24.7 Å². The summed E-state index contributed by atoms with van der Waals surface area (Å²) in [5.41, 5.74) is 4.65. The molecule has 0 atom stereocenters. The van der Waals surface area contributed by atoms with Crippen molar-refractivity contribution in [2.24, 2.45) is 7.05 Å². The van der Waals surface area contributed by atoms with Crippen LogP contribution in [0.4, 0.5) is 0 Å². The van der Waals surface area contributed by atoms with Crippen LogP contribution in [-0.2, 0) is 19.0 Å². The summed E-state index contributed by atoms with van der Waals surface area (Å²) in [5, 5.41) is 7.96. The first-order valence-electron chi connectivity index (χ1n) is 7.11. The van der Waals surface area contributed by atoms with Crippen LogP contribution in [-0.4, -0.2) is 21.3 Å². The zero-order valence-electron chi connectivity index (χ0n) is 13.1. The Bertz CT molecular complexity index is 578. The minimum Gasteiger partial charge on any atom is -0.313 e. The Balaban J connectivity index is 2.41.